The van der Waals surface area contributed by atoms with Gasteiger partial charge in [0.15, 0.2) is 0 Å². The average molecular weight is 484 g/mol. The van der Waals surface area contributed by atoms with Crippen molar-refractivity contribution >= 4 is 0 Å². The number of aliphatic hydroxyl groups excluding tert-OH is 1. The number of para-hydroxylation sites is 1. The van der Waals surface area contributed by atoms with Crippen molar-refractivity contribution < 1.29 is 19.0 Å². The average Bonchev–Trinajstić information content (AvgIpc) is 3.14. The summed E-state index contributed by atoms with van der Waals surface area (Å²) in [7, 11) is 0. The molecule has 0 saturated carbocycles. The monoisotopic (exact) mass is 483 g/mol. The third-order valence-corrected chi connectivity index (χ3v) is 5.95. The molecule has 0 saturated heterocycles. The van der Waals surface area contributed by atoms with Gasteiger partial charge in [-0.3, -0.25) is 4.90 Å². The van der Waals surface area contributed by atoms with Gasteiger partial charge in [-0.2, -0.15) is 5.10 Å². The smallest absolute Gasteiger partial charge is 0.227 e. The van der Waals surface area contributed by atoms with Crippen LogP contribution in [-0.2, 0) is 11.3 Å². The fraction of sp³-hybridized carbons (Fsp3) is 0.464. The normalized spacial score (nSPS) is 13.4. The minimum atomic E-state index is -0.603. The minimum Gasteiger partial charge on any atom is -0.439 e. The maximum atomic E-state index is 13.5. The Bertz CT molecular complexity index is 1040. The van der Waals surface area contributed by atoms with Crippen LogP contribution in [0.15, 0.2) is 54.6 Å². The molecule has 3 rings (SSSR count). The number of halogens is 1. The van der Waals surface area contributed by atoms with Crippen LogP contribution in [0.1, 0.15) is 45.4 Å². The van der Waals surface area contributed by atoms with Crippen LogP contribution in [-0.4, -0.2) is 51.7 Å². The molecule has 2 atom stereocenters. The summed E-state index contributed by atoms with van der Waals surface area (Å²) in [4.78, 5) is 2.24. The molecule has 0 bridgehead atoms. The van der Waals surface area contributed by atoms with E-state index in [-0.39, 0.29) is 11.9 Å². The van der Waals surface area contributed by atoms with E-state index in [1.165, 1.54) is 12.1 Å². The third kappa shape index (κ3) is 7.62. The zero-order valence-corrected chi connectivity index (χ0v) is 21.4. The first kappa shape index (κ1) is 26.9. The maximum Gasteiger partial charge on any atom is 0.227 e. The lowest BCUT2D eigenvalue weighted by atomic mass is 10.1. The molecule has 1 N–H and O–H groups in total. The van der Waals surface area contributed by atoms with E-state index in [2.05, 4.69) is 32.6 Å². The van der Waals surface area contributed by atoms with Crippen molar-refractivity contribution in [3.8, 4) is 17.3 Å². The van der Waals surface area contributed by atoms with E-state index in [9.17, 15) is 9.50 Å². The molecule has 35 heavy (non-hydrogen) atoms. The molecule has 2 unspecified atom stereocenters. The minimum absolute atomic E-state index is 0.230. The Hall–Kier alpha value is -2.74. The van der Waals surface area contributed by atoms with Crippen LogP contribution in [0.25, 0.3) is 5.69 Å². The molecule has 0 aliphatic rings. The van der Waals surface area contributed by atoms with E-state index < -0.39 is 6.10 Å². The Morgan fingerprint density at radius 2 is 1.71 bits per heavy atom. The SMILES string of the molecule is CCC(C)N(Cc1c(C)nn(-c2ccccc2)c1Oc1ccc(F)cc1)CC(O)COCC(C)C. The summed E-state index contributed by atoms with van der Waals surface area (Å²) in [5, 5.41) is 15.5. The number of aliphatic hydroxyl groups is 1. The quantitative estimate of drug-likeness (QED) is 0.336. The van der Waals surface area contributed by atoms with Gasteiger partial charge >= 0.3 is 0 Å². The maximum absolute atomic E-state index is 13.5. The summed E-state index contributed by atoms with van der Waals surface area (Å²) in [6.45, 7) is 12.4. The molecule has 190 valence electrons. The Morgan fingerprint density at radius 1 is 1.03 bits per heavy atom. The number of benzene rings is 2. The van der Waals surface area contributed by atoms with Gasteiger partial charge < -0.3 is 14.6 Å². The van der Waals surface area contributed by atoms with Crippen molar-refractivity contribution in [2.24, 2.45) is 5.92 Å². The van der Waals surface area contributed by atoms with Crippen LogP contribution in [0.4, 0.5) is 4.39 Å². The summed E-state index contributed by atoms with van der Waals surface area (Å²) < 4.78 is 27.2. The van der Waals surface area contributed by atoms with Gasteiger partial charge in [0.2, 0.25) is 5.88 Å². The Morgan fingerprint density at radius 3 is 2.34 bits per heavy atom. The molecule has 0 fully saturated rings. The second kappa shape index (κ2) is 12.8. The van der Waals surface area contributed by atoms with Gasteiger partial charge in [-0.05, 0) is 62.6 Å². The Kier molecular flexibility index (Phi) is 9.83. The topological polar surface area (TPSA) is 59.8 Å². The highest BCUT2D eigenvalue weighted by atomic mass is 19.1. The number of nitrogens with zero attached hydrogens (tertiary/aromatic N) is 3. The molecule has 7 heteroatoms. The van der Waals surface area contributed by atoms with Crippen molar-refractivity contribution in [1.29, 1.82) is 0 Å². The third-order valence-electron chi connectivity index (χ3n) is 5.95. The van der Waals surface area contributed by atoms with Crippen molar-refractivity contribution in [2.45, 2.75) is 59.7 Å². The van der Waals surface area contributed by atoms with Gasteiger partial charge in [0.25, 0.3) is 0 Å². The van der Waals surface area contributed by atoms with Crippen LogP contribution >= 0.6 is 0 Å². The zero-order chi connectivity index (χ0) is 25.4. The van der Waals surface area contributed by atoms with Gasteiger partial charge in [0.1, 0.15) is 11.6 Å². The van der Waals surface area contributed by atoms with Crippen LogP contribution < -0.4 is 4.74 Å². The number of aryl methyl sites for hydroxylation is 1. The summed E-state index contributed by atoms with van der Waals surface area (Å²) in [5.74, 6) is 1.22. The molecule has 1 heterocycles. The number of ether oxygens (including phenoxy) is 2. The van der Waals surface area contributed by atoms with Crippen LogP contribution in [0.5, 0.6) is 11.6 Å². The summed E-state index contributed by atoms with van der Waals surface area (Å²) in [6.07, 6.45) is 0.327. The van der Waals surface area contributed by atoms with Crippen molar-refractivity contribution in [3.05, 3.63) is 71.7 Å². The standard InChI is InChI=1S/C28H38FN3O3/c1-6-21(4)31(16-25(33)19-34-18-20(2)3)17-27-22(5)30-32(24-10-8-7-9-11-24)28(27)35-26-14-12-23(29)13-15-26/h7-15,20-21,25,33H,6,16-19H2,1-5H3. The number of hydrogen-bond acceptors (Lipinski definition) is 5. The molecule has 2 aromatic carbocycles. The van der Waals surface area contributed by atoms with Crippen LogP contribution in [0.2, 0.25) is 0 Å². The van der Waals surface area contributed by atoms with Crippen LogP contribution in [0, 0.1) is 18.7 Å². The summed E-state index contributed by atoms with van der Waals surface area (Å²) >= 11 is 0. The second-order valence-corrected chi connectivity index (χ2v) is 9.44. The molecule has 0 aliphatic carbocycles. The molecular formula is C28H38FN3O3. The second-order valence-electron chi connectivity index (χ2n) is 9.44. The molecule has 0 radical (unpaired) electrons. The Labute approximate surface area is 208 Å². The first-order valence-electron chi connectivity index (χ1n) is 12.4. The van der Waals surface area contributed by atoms with E-state index >= 15 is 0 Å². The molecule has 6 nitrogen and oxygen atoms in total. The molecular weight excluding hydrogens is 445 g/mol. The summed E-state index contributed by atoms with van der Waals surface area (Å²) in [6, 6.07) is 16.0. The molecule has 0 aliphatic heterocycles. The van der Waals surface area contributed by atoms with E-state index in [1.807, 2.05) is 37.3 Å². The largest absolute Gasteiger partial charge is 0.439 e. The lowest BCUT2D eigenvalue weighted by molar-refractivity contribution is -0.0000188. The van der Waals surface area contributed by atoms with Gasteiger partial charge in [0.05, 0.1) is 29.7 Å². The fourth-order valence-corrected chi connectivity index (χ4v) is 3.81. The predicted molar refractivity (Wildman–Crippen MR) is 137 cm³/mol. The number of hydrogen-bond donors (Lipinski definition) is 1. The molecule has 0 amide bonds. The van der Waals surface area contributed by atoms with Crippen molar-refractivity contribution in [1.82, 2.24) is 14.7 Å². The van der Waals surface area contributed by atoms with Gasteiger partial charge in [-0.25, -0.2) is 9.07 Å². The number of rotatable bonds is 13. The molecule has 1 aromatic heterocycles. The lowest BCUT2D eigenvalue weighted by Gasteiger charge is -2.30. The highest BCUT2D eigenvalue weighted by Gasteiger charge is 2.24. The Balaban J connectivity index is 1.91. The first-order valence-corrected chi connectivity index (χ1v) is 12.4. The predicted octanol–water partition coefficient (Wildman–Crippen LogP) is 5.75. The summed E-state index contributed by atoms with van der Waals surface area (Å²) in [5.41, 5.74) is 2.63. The first-order chi connectivity index (χ1) is 16.8. The highest BCUT2D eigenvalue weighted by Crippen LogP contribution is 2.32. The molecule has 0 spiro atoms. The highest BCUT2D eigenvalue weighted by molar-refractivity contribution is 5.43. The van der Waals surface area contributed by atoms with E-state index in [1.54, 1.807) is 16.8 Å². The van der Waals surface area contributed by atoms with Crippen LogP contribution in [0.3, 0.4) is 0 Å². The van der Waals surface area contributed by atoms with Gasteiger partial charge in [-0.1, -0.05) is 39.0 Å². The van der Waals surface area contributed by atoms with E-state index in [0.29, 0.717) is 43.9 Å². The van der Waals surface area contributed by atoms with E-state index in [0.717, 1.165) is 23.4 Å². The zero-order valence-electron chi connectivity index (χ0n) is 21.4. The lowest BCUT2D eigenvalue weighted by Crippen LogP contribution is -2.40. The number of aromatic nitrogens is 2. The van der Waals surface area contributed by atoms with Gasteiger partial charge in [-0.15, -0.1) is 0 Å². The van der Waals surface area contributed by atoms with E-state index in [4.69, 9.17) is 14.6 Å². The fourth-order valence-electron chi connectivity index (χ4n) is 3.81. The van der Waals surface area contributed by atoms with Crippen molar-refractivity contribution in [2.75, 3.05) is 19.8 Å². The van der Waals surface area contributed by atoms with Crippen molar-refractivity contribution in [3.63, 3.8) is 0 Å². The van der Waals surface area contributed by atoms with Gasteiger partial charge in [0, 0.05) is 25.7 Å². The molecule has 3 aromatic rings.